The van der Waals surface area contributed by atoms with Crippen molar-refractivity contribution >= 4 is 60.4 Å². The molecule has 1 aromatic heterocycles. The molecule has 328 valence electrons. The lowest BCUT2D eigenvalue weighted by molar-refractivity contribution is 1.18. The van der Waals surface area contributed by atoms with Crippen molar-refractivity contribution in [3.8, 4) is 61.3 Å². The highest BCUT2D eigenvalue weighted by Crippen LogP contribution is 2.41. The summed E-state index contributed by atoms with van der Waals surface area (Å²) in [5.41, 5.74) is 18.7. The lowest BCUT2D eigenvalue weighted by atomic mass is 9.93. The standard InChI is InChI=1S/C68H46N2/c1-4-15-47(16-5-1)54-43-55(48-17-6-2-7-18-48)45-56(44-54)50-29-37-59(38-30-50)69(60-39-31-52(32-40-60)62-24-14-25-63-61-22-11-10-19-51(61)33-41-64(62)63)58-35-27-49(28-36-58)53-34-42-68-66(46-53)65-23-12-13-26-67(65)70(68)57-20-8-3-9-21-57/h1-46H. The fraction of sp³-hybridized carbons (Fsp3) is 0. The Morgan fingerprint density at radius 1 is 0.229 bits per heavy atom. The van der Waals surface area contributed by atoms with Gasteiger partial charge in [0.25, 0.3) is 0 Å². The molecule has 0 aliphatic heterocycles. The van der Waals surface area contributed by atoms with Crippen LogP contribution < -0.4 is 4.90 Å². The van der Waals surface area contributed by atoms with E-state index < -0.39 is 0 Å². The largest absolute Gasteiger partial charge is 0.311 e. The van der Waals surface area contributed by atoms with E-state index in [9.17, 15) is 0 Å². The normalized spacial score (nSPS) is 11.4. The molecule has 12 aromatic carbocycles. The predicted octanol–water partition coefficient (Wildman–Crippen LogP) is 18.9. The van der Waals surface area contributed by atoms with E-state index in [4.69, 9.17) is 0 Å². The molecule has 0 saturated carbocycles. The molecular formula is C68H46N2. The Morgan fingerprint density at radius 3 is 1.30 bits per heavy atom. The number of fused-ring (bicyclic) bond motifs is 6. The molecule has 0 aliphatic rings. The molecule has 0 saturated heterocycles. The Labute approximate surface area is 408 Å². The summed E-state index contributed by atoms with van der Waals surface area (Å²) < 4.78 is 2.37. The van der Waals surface area contributed by atoms with Crippen molar-refractivity contribution in [2.24, 2.45) is 0 Å². The number of hydrogen-bond donors (Lipinski definition) is 0. The quantitative estimate of drug-likeness (QED) is 0.131. The van der Waals surface area contributed by atoms with E-state index in [1.807, 2.05) is 0 Å². The second-order valence-electron chi connectivity index (χ2n) is 18.1. The van der Waals surface area contributed by atoms with Crippen molar-refractivity contribution in [2.75, 3.05) is 4.90 Å². The average molecular weight is 891 g/mol. The van der Waals surface area contributed by atoms with Crippen LogP contribution in [0.2, 0.25) is 0 Å². The van der Waals surface area contributed by atoms with Gasteiger partial charge in [0.05, 0.1) is 11.0 Å². The molecule has 0 fully saturated rings. The van der Waals surface area contributed by atoms with E-state index in [1.165, 1.54) is 93.4 Å². The van der Waals surface area contributed by atoms with Crippen molar-refractivity contribution in [3.05, 3.63) is 279 Å². The number of benzene rings is 12. The van der Waals surface area contributed by atoms with Gasteiger partial charge < -0.3 is 9.47 Å². The molecule has 0 radical (unpaired) electrons. The Morgan fingerprint density at radius 2 is 0.686 bits per heavy atom. The number of anilines is 3. The lowest BCUT2D eigenvalue weighted by Gasteiger charge is -2.26. The zero-order chi connectivity index (χ0) is 46.4. The van der Waals surface area contributed by atoms with Gasteiger partial charge in [-0.15, -0.1) is 0 Å². The first kappa shape index (κ1) is 41.0. The van der Waals surface area contributed by atoms with Crippen LogP contribution in [0, 0.1) is 0 Å². The first-order chi connectivity index (χ1) is 34.7. The van der Waals surface area contributed by atoms with Gasteiger partial charge in [0.2, 0.25) is 0 Å². The summed E-state index contributed by atoms with van der Waals surface area (Å²) in [5, 5.41) is 7.55. The van der Waals surface area contributed by atoms with Gasteiger partial charge in [0.15, 0.2) is 0 Å². The highest BCUT2D eigenvalue weighted by Gasteiger charge is 2.17. The smallest absolute Gasteiger partial charge is 0.0541 e. The minimum atomic E-state index is 1.08. The Kier molecular flexibility index (Phi) is 10.2. The van der Waals surface area contributed by atoms with Crippen molar-refractivity contribution in [3.63, 3.8) is 0 Å². The summed E-state index contributed by atoms with van der Waals surface area (Å²) in [4.78, 5) is 2.38. The monoisotopic (exact) mass is 890 g/mol. The molecule has 0 atom stereocenters. The third-order valence-electron chi connectivity index (χ3n) is 14.0. The second kappa shape index (κ2) is 17.4. The first-order valence-corrected chi connectivity index (χ1v) is 24.1. The van der Waals surface area contributed by atoms with Crippen LogP contribution in [0.15, 0.2) is 279 Å². The van der Waals surface area contributed by atoms with Crippen LogP contribution in [0.5, 0.6) is 0 Å². The zero-order valence-corrected chi connectivity index (χ0v) is 38.5. The molecular weight excluding hydrogens is 845 g/mol. The molecule has 0 amide bonds. The van der Waals surface area contributed by atoms with Crippen molar-refractivity contribution in [1.29, 1.82) is 0 Å². The van der Waals surface area contributed by atoms with E-state index in [1.54, 1.807) is 0 Å². The third kappa shape index (κ3) is 7.40. The maximum absolute atomic E-state index is 2.38. The second-order valence-corrected chi connectivity index (χ2v) is 18.1. The van der Waals surface area contributed by atoms with Gasteiger partial charge in [-0.3, -0.25) is 0 Å². The average Bonchev–Trinajstić information content (AvgIpc) is 3.78. The van der Waals surface area contributed by atoms with Gasteiger partial charge in [0, 0.05) is 33.5 Å². The van der Waals surface area contributed by atoms with Crippen molar-refractivity contribution in [1.82, 2.24) is 4.57 Å². The Bertz CT molecular complexity index is 3950. The summed E-state index contributed by atoms with van der Waals surface area (Å²) in [7, 11) is 0. The third-order valence-corrected chi connectivity index (χ3v) is 14.0. The predicted molar refractivity (Wildman–Crippen MR) is 298 cm³/mol. The molecule has 0 aliphatic carbocycles. The number of rotatable bonds is 9. The number of aromatic nitrogens is 1. The number of para-hydroxylation sites is 2. The fourth-order valence-electron chi connectivity index (χ4n) is 10.5. The van der Waals surface area contributed by atoms with Crippen molar-refractivity contribution < 1.29 is 0 Å². The molecule has 13 rings (SSSR count). The fourth-order valence-corrected chi connectivity index (χ4v) is 10.5. The van der Waals surface area contributed by atoms with E-state index in [0.717, 1.165) is 28.3 Å². The SMILES string of the molecule is c1ccc(-c2cc(-c3ccccc3)cc(-c3ccc(N(c4ccc(-c5ccc6c(c5)c5ccccc5n6-c5ccccc5)cc4)c4ccc(-c5cccc6c5ccc5ccccc56)cc4)cc3)c2)cc1. The van der Waals surface area contributed by atoms with Gasteiger partial charge in [0.1, 0.15) is 0 Å². The van der Waals surface area contributed by atoms with E-state index in [0.29, 0.717) is 0 Å². The highest BCUT2D eigenvalue weighted by molar-refractivity contribution is 6.12. The molecule has 0 N–H and O–H groups in total. The maximum Gasteiger partial charge on any atom is 0.0541 e. The Hall–Kier alpha value is -9.24. The topological polar surface area (TPSA) is 8.17 Å². The minimum Gasteiger partial charge on any atom is -0.311 e. The van der Waals surface area contributed by atoms with Crippen LogP contribution in [0.3, 0.4) is 0 Å². The van der Waals surface area contributed by atoms with Crippen molar-refractivity contribution in [2.45, 2.75) is 0 Å². The van der Waals surface area contributed by atoms with Gasteiger partial charge >= 0.3 is 0 Å². The van der Waals surface area contributed by atoms with Crippen LogP contribution in [0.25, 0.3) is 105 Å². The summed E-state index contributed by atoms with van der Waals surface area (Å²) in [6.45, 7) is 0. The van der Waals surface area contributed by atoms with E-state index in [-0.39, 0.29) is 0 Å². The summed E-state index contributed by atoms with van der Waals surface area (Å²) in [5.74, 6) is 0. The number of nitrogens with zero attached hydrogens (tertiary/aromatic N) is 2. The molecule has 0 spiro atoms. The summed E-state index contributed by atoms with van der Waals surface area (Å²) in [6.07, 6.45) is 0. The van der Waals surface area contributed by atoms with Crippen LogP contribution >= 0.6 is 0 Å². The molecule has 13 aromatic rings. The van der Waals surface area contributed by atoms with Gasteiger partial charge in [-0.1, -0.05) is 194 Å². The lowest BCUT2D eigenvalue weighted by Crippen LogP contribution is -2.09. The maximum atomic E-state index is 2.38. The summed E-state index contributed by atoms with van der Waals surface area (Å²) >= 11 is 0. The highest BCUT2D eigenvalue weighted by atomic mass is 15.1. The van der Waals surface area contributed by atoms with Crippen LogP contribution in [-0.2, 0) is 0 Å². The van der Waals surface area contributed by atoms with Gasteiger partial charge in [-0.25, -0.2) is 0 Å². The number of hydrogen-bond acceptors (Lipinski definition) is 1. The zero-order valence-electron chi connectivity index (χ0n) is 38.5. The first-order valence-electron chi connectivity index (χ1n) is 24.1. The van der Waals surface area contributed by atoms with Gasteiger partial charge in [-0.05, 0) is 162 Å². The van der Waals surface area contributed by atoms with Gasteiger partial charge in [-0.2, -0.15) is 0 Å². The van der Waals surface area contributed by atoms with Crippen LogP contribution in [0.1, 0.15) is 0 Å². The molecule has 2 heteroatoms. The Balaban J connectivity index is 0.897. The molecule has 2 nitrogen and oxygen atoms in total. The van der Waals surface area contributed by atoms with E-state index >= 15 is 0 Å². The minimum absolute atomic E-state index is 1.08. The summed E-state index contributed by atoms with van der Waals surface area (Å²) in [6, 6.07) is 102. The van der Waals surface area contributed by atoms with E-state index in [2.05, 4.69) is 289 Å². The molecule has 1 heterocycles. The van der Waals surface area contributed by atoms with Crippen LogP contribution in [-0.4, -0.2) is 4.57 Å². The molecule has 0 bridgehead atoms. The molecule has 70 heavy (non-hydrogen) atoms. The molecule has 0 unspecified atom stereocenters. The van der Waals surface area contributed by atoms with Crippen LogP contribution in [0.4, 0.5) is 17.1 Å².